The molecule has 0 aliphatic rings. The van der Waals surface area contributed by atoms with Crippen LogP contribution in [0.3, 0.4) is 0 Å². The second-order valence-corrected chi connectivity index (χ2v) is 7.88. The molecular formula is C23H29N4O2+. The molecule has 0 fully saturated rings. The van der Waals surface area contributed by atoms with Crippen molar-refractivity contribution in [2.75, 3.05) is 18.9 Å². The fourth-order valence-electron chi connectivity index (χ4n) is 3.48. The maximum atomic E-state index is 12.6. The smallest absolute Gasteiger partial charge is 0.279 e. The van der Waals surface area contributed by atoms with Crippen LogP contribution in [-0.2, 0) is 4.79 Å². The number of hydrogen-bond donors (Lipinski definition) is 2. The van der Waals surface area contributed by atoms with Gasteiger partial charge < -0.3 is 14.6 Å². The van der Waals surface area contributed by atoms with E-state index in [0.29, 0.717) is 18.3 Å². The minimum atomic E-state index is -0.105. The highest BCUT2D eigenvalue weighted by molar-refractivity contribution is 5.93. The van der Waals surface area contributed by atoms with E-state index in [0.717, 1.165) is 32.8 Å². The molecule has 1 unspecified atom stereocenters. The van der Waals surface area contributed by atoms with Crippen LogP contribution in [0.25, 0.3) is 11.5 Å². The van der Waals surface area contributed by atoms with Gasteiger partial charge in [-0.05, 0) is 57.9 Å². The van der Waals surface area contributed by atoms with Crippen LogP contribution >= 0.6 is 0 Å². The Labute approximate surface area is 172 Å². The number of nitrogens with one attached hydrogen (secondary N) is 2. The number of quaternary nitrogens is 1. The van der Waals surface area contributed by atoms with Gasteiger partial charge in [-0.1, -0.05) is 35.4 Å². The predicted molar refractivity (Wildman–Crippen MR) is 114 cm³/mol. The van der Waals surface area contributed by atoms with Gasteiger partial charge in [-0.2, -0.15) is 0 Å². The standard InChI is InChI=1S/C23H28N4O2/c1-14-8-7-9-19(12-14)23-26-25-22(29-23)18(5)27(6)13-20(28)24-21-16(3)10-15(2)11-17(21)4/h7-12,18H,13H2,1-6H3,(H,24,28)/p+1/t18-/m0/s1. The summed E-state index contributed by atoms with van der Waals surface area (Å²) in [5.41, 5.74) is 6.26. The highest BCUT2D eigenvalue weighted by Crippen LogP contribution is 2.22. The molecule has 1 amide bonds. The van der Waals surface area contributed by atoms with Crippen molar-refractivity contribution < 1.29 is 14.1 Å². The van der Waals surface area contributed by atoms with Gasteiger partial charge in [-0.25, -0.2) is 0 Å². The molecule has 6 heteroatoms. The Morgan fingerprint density at radius 3 is 2.41 bits per heavy atom. The molecular weight excluding hydrogens is 364 g/mol. The van der Waals surface area contributed by atoms with Crippen LogP contribution in [0.15, 0.2) is 40.8 Å². The fraction of sp³-hybridized carbons (Fsp3) is 0.348. The van der Waals surface area contributed by atoms with E-state index in [-0.39, 0.29) is 11.9 Å². The van der Waals surface area contributed by atoms with E-state index in [1.807, 2.05) is 59.0 Å². The third-order valence-corrected chi connectivity index (χ3v) is 5.20. The van der Waals surface area contributed by atoms with Gasteiger partial charge in [-0.3, -0.25) is 4.79 Å². The number of carbonyl (C=O) groups is 1. The summed E-state index contributed by atoms with van der Waals surface area (Å²) >= 11 is 0. The molecule has 0 aliphatic heterocycles. The van der Waals surface area contributed by atoms with E-state index >= 15 is 0 Å². The molecule has 0 saturated heterocycles. The van der Waals surface area contributed by atoms with Crippen LogP contribution in [0, 0.1) is 27.7 Å². The van der Waals surface area contributed by atoms with E-state index in [2.05, 4.69) is 34.6 Å². The number of aromatic nitrogens is 2. The first-order valence-corrected chi connectivity index (χ1v) is 9.85. The average Bonchev–Trinajstić information content (AvgIpc) is 3.14. The lowest BCUT2D eigenvalue weighted by atomic mass is 10.1. The van der Waals surface area contributed by atoms with Crippen LogP contribution < -0.4 is 10.2 Å². The molecule has 29 heavy (non-hydrogen) atoms. The molecule has 6 nitrogen and oxygen atoms in total. The van der Waals surface area contributed by atoms with Crippen molar-refractivity contribution in [3.8, 4) is 11.5 Å². The van der Waals surface area contributed by atoms with Gasteiger partial charge in [0.2, 0.25) is 5.89 Å². The number of anilines is 1. The minimum absolute atomic E-state index is 0.0390. The first-order valence-electron chi connectivity index (χ1n) is 9.85. The molecule has 0 aliphatic carbocycles. The van der Waals surface area contributed by atoms with Crippen molar-refractivity contribution >= 4 is 11.6 Å². The van der Waals surface area contributed by atoms with E-state index in [4.69, 9.17) is 4.42 Å². The quantitative estimate of drug-likeness (QED) is 0.675. The summed E-state index contributed by atoms with van der Waals surface area (Å²) in [6.45, 7) is 10.4. The van der Waals surface area contributed by atoms with Gasteiger partial charge in [0.25, 0.3) is 11.8 Å². The van der Waals surface area contributed by atoms with Gasteiger partial charge in [0, 0.05) is 11.3 Å². The molecule has 2 aromatic carbocycles. The first kappa shape index (κ1) is 20.7. The van der Waals surface area contributed by atoms with Gasteiger partial charge >= 0.3 is 0 Å². The zero-order valence-electron chi connectivity index (χ0n) is 18.0. The minimum Gasteiger partial charge on any atom is -0.415 e. The van der Waals surface area contributed by atoms with Crippen LogP contribution in [0.2, 0.25) is 0 Å². The number of nitrogens with zero attached hydrogens (tertiary/aromatic N) is 2. The Morgan fingerprint density at radius 1 is 1.07 bits per heavy atom. The SMILES string of the molecule is Cc1cccc(-c2nnc([C@H](C)[NH+](C)CC(=O)Nc3c(C)cc(C)cc3C)o2)c1. The largest absolute Gasteiger partial charge is 0.415 e. The van der Waals surface area contributed by atoms with Gasteiger partial charge in [0.1, 0.15) is 0 Å². The zero-order valence-corrected chi connectivity index (χ0v) is 18.0. The monoisotopic (exact) mass is 393 g/mol. The number of likely N-dealkylation sites (N-methyl/N-ethyl adjacent to an activating group) is 1. The van der Waals surface area contributed by atoms with Crippen molar-refractivity contribution in [2.45, 2.75) is 40.7 Å². The first-order chi connectivity index (χ1) is 13.7. The highest BCUT2D eigenvalue weighted by Gasteiger charge is 2.25. The van der Waals surface area contributed by atoms with Crippen molar-refractivity contribution in [3.63, 3.8) is 0 Å². The molecule has 2 atom stereocenters. The number of benzene rings is 2. The van der Waals surface area contributed by atoms with Crippen LogP contribution in [0.5, 0.6) is 0 Å². The Hall–Kier alpha value is -2.99. The average molecular weight is 394 g/mol. The maximum absolute atomic E-state index is 12.6. The number of rotatable bonds is 6. The topological polar surface area (TPSA) is 72.5 Å². The number of hydrogen-bond acceptors (Lipinski definition) is 4. The molecule has 1 aromatic heterocycles. The molecule has 3 rings (SSSR count). The van der Waals surface area contributed by atoms with Crippen LogP contribution in [-0.4, -0.2) is 29.7 Å². The predicted octanol–water partition coefficient (Wildman–Crippen LogP) is 3.18. The van der Waals surface area contributed by atoms with Gasteiger partial charge in [0.15, 0.2) is 12.6 Å². The van der Waals surface area contributed by atoms with E-state index < -0.39 is 0 Å². The maximum Gasteiger partial charge on any atom is 0.279 e. The second-order valence-electron chi connectivity index (χ2n) is 7.88. The van der Waals surface area contributed by atoms with Gasteiger partial charge in [-0.15, -0.1) is 10.2 Å². The Morgan fingerprint density at radius 2 is 1.76 bits per heavy atom. The zero-order chi connectivity index (χ0) is 21.1. The lowest BCUT2D eigenvalue weighted by Gasteiger charge is -2.19. The summed E-state index contributed by atoms with van der Waals surface area (Å²) in [6, 6.07) is 12.0. The Kier molecular flexibility index (Phi) is 6.13. The third-order valence-electron chi connectivity index (χ3n) is 5.20. The number of aryl methyl sites for hydroxylation is 4. The lowest BCUT2D eigenvalue weighted by Crippen LogP contribution is -3.10. The highest BCUT2D eigenvalue weighted by atomic mass is 16.4. The van der Waals surface area contributed by atoms with Crippen molar-refractivity contribution in [1.29, 1.82) is 0 Å². The molecule has 3 aromatic rings. The summed E-state index contributed by atoms with van der Waals surface area (Å²) in [6.07, 6.45) is 0. The fourth-order valence-corrected chi connectivity index (χ4v) is 3.48. The summed E-state index contributed by atoms with van der Waals surface area (Å²) in [5, 5.41) is 11.4. The molecule has 0 saturated carbocycles. The molecule has 0 spiro atoms. The summed E-state index contributed by atoms with van der Waals surface area (Å²) in [5.74, 6) is 0.982. The van der Waals surface area contributed by atoms with E-state index in [9.17, 15) is 4.79 Å². The summed E-state index contributed by atoms with van der Waals surface area (Å²) < 4.78 is 5.88. The van der Waals surface area contributed by atoms with Crippen LogP contribution in [0.4, 0.5) is 5.69 Å². The number of amides is 1. The van der Waals surface area contributed by atoms with Gasteiger partial charge in [0.05, 0.1) is 7.05 Å². The third kappa shape index (κ3) is 4.90. The summed E-state index contributed by atoms with van der Waals surface area (Å²) in [7, 11) is 1.95. The molecule has 0 bridgehead atoms. The summed E-state index contributed by atoms with van der Waals surface area (Å²) in [4.78, 5) is 13.6. The number of carbonyl (C=O) groups excluding carboxylic acids is 1. The van der Waals surface area contributed by atoms with Crippen molar-refractivity contribution in [1.82, 2.24) is 10.2 Å². The molecule has 152 valence electrons. The Balaban J connectivity index is 1.66. The molecule has 0 radical (unpaired) electrons. The lowest BCUT2D eigenvalue weighted by molar-refractivity contribution is -0.903. The van der Waals surface area contributed by atoms with Crippen molar-refractivity contribution in [3.05, 3.63) is 64.5 Å². The molecule has 2 N–H and O–H groups in total. The Bertz CT molecular complexity index is 1000. The van der Waals surface area contributed by atoms with Crippen molar-refractivity contribution in [2.24, 2.45) is 0 Å². The van der Waals surface area contributed by atoms with E-state index in [1.54, 1.807) is 0 Å². The molecule has 1 heterocycles. The van der Waals surface area contributed by atoms with Crippen LogP contribution in [0.1, 0.15) is 41.1 Å². The normalized spacial score (nSPS) is 13.2. The second kappa shape index (κ2) is 8.57. The van der Waals surface area contributed by atoms with E-state index in [1.165, 1.54) is 5.56 Å².